The number of benzene rings is 2. The first kappa shape index (κ1) is 20.4. The number of carboxylic acids is 1. The minimum absolute atomic E-state index is 0.119. The van der Waals surface area contributed by atoms with Crippen molar-refractivity contribution < 1.29 is 14.7 Å². The van der Waals surface area contributed by atoms with Crippen LogP contribution < -0.4 is 10.6 Å². The first-order valence-electron chi connectivity index (χ1n) is 10.6. The highest BCUT2D eigenvalue weighted by Crippen LogP contribution is 2.55. The summed E-state index contributed by atoms with van der Waals surface area (Å²) in [5.41, 5.74) is 0.864. The molecule has 6 heteroatoms. The highest BCUT2D eigenvalue weighted by Gasteiger charge is 2.61. The zero-order chi connectivity index (χ0) is 21.2. The van der Waals surface area contributed by atoms with E-state index < -0.39 is 16.9 Å². The maximum atomic E-state index is 12.1. The molecule has 6 nitrogen and oxygen atoms in total. The monoisotopic (exact) mass is 407 g/mol. The summed E-state index contributed by atoms with van der Waals surface area (Å²) in [6.45, 7) is 2.41. The molecule has 2 aromatic carbocycles. The SMILES string of the molecule is CNC(=O)NC1(c2ccccc2)CCN(C[C@@H]2C[C@@]2(C(=O)O)c2ccccc2)CC1. The lowest BCUT2D eigenvalue weighted by Gasteiger charge is -2.43. The quantitative estimate of drug-likeness (QED) is 0.688. The maximum absolute atomic E-state index is 12.1. The summed E-state index contributed by atoms with van der Waals surface area (Å²) in [4.78, 5) is 26.6. The number of aliphatic carboxylic acids is 1. The molecule has 0 unspecified atom stereocenters. The first-order valence-corrected chi connectivity index (χ1v) is 10.6. The molecule has 4 rings (SSSR count). The van der Waals surface area contributed by atoms with E-state index >= 15 is 0 Å². The smallest absolute Gasteiger partial charge is 0.315 e. The van der Waals surface area contributed by atoms with Gasteiger partial charge in [-0.25, -0.2) is 4.79 Å². The average molecular weight is 408 g/mol. The minimum Gasteiger partial charge on any atom is -0.481 e. The van der Waals surface area contributed by atoms with E-state index in [2.05, 4.69) is 27.7 Å². The standard InChI is InChI=1S/C24H29N3O3/c1-25-22(30)26-23(18-8-4-2-5-9-18)12-14-27(15-13-23)17-20-16-24(20,21(28)29)19-10-6-3-7-11-19/h2-11,20H,12-17H2,1H3,(H,28,29)(H2,25,26,30)/t20-,24+/m0/s1. The van der Waals surface area contributed by atoms with Crippen LogP contribution in [0.3, 0.4) is 0 Å². The number of rotatable bonds is 6. The maximum Gasteiger partial charge on any atom is 0.315 e. The third-order valence-electron chi connectivity index (χ3n) is 6.87. The summed E-state index contributed by atoms with van der Waals surface area (Å²) in [6.07, 6.45) is 2.27. The molecule has 2 atom stereocenters. The molecule has 30 heavy (non-hydrogen) atoms. The fourth-order valence-electron chi connectivity index (χ4n) is 4.98. The van der Waals surface area contributed by atoms with Crippen molar-refractivity contribution >= 4 is 12.0 Å². The first-order chi connectivity index (χ1) is 14.5. The Morgan fingerprint density at radius 2 is 1.57 bits per heavy atom. The van der Waals surface area contributed by atoms with E-state index in [9.17, 15) is 14.7 Å². The third kappa shape index (κ3) is 3.67. The summed E-state index contributed by atoms with van der Waals surface area (Å²) >= 11 is 0. The third-order valence-corrected chi connectivity index (χ3v) is 6.87. The number of carboxylic acid groups (broad SMARTS) is 1. The fourth-order valence-corrected chi connectivity index (χ4v) is 4.98. The van der Waals surface area contributed by atoms with Crippen molar-refractivity contribution in [3.05, 3.63) is 71.8 Å². The van der Waals surface area contributed by atoms with Crippen LogP contribution in [0.5, 0.6) is 0 Å². The molecular weight excluding hydrogens is 378 g/mol. The Kier molecular flexibility index (Phi) is 5.52. The molecule has 2 aliphatic rings. The lowest BCUT2D eigenvalue weighted by molar-refractivity contribution is -0.140. The van der Waals surface area contributed by atoms with Crippen molar-refractivity contribution in [3.63, 3.8) is 0 Å². The number of carbonyl (C=O) groups is 2. The second kappa shape index (κ2) is 8.11. The molecule has 2 amide bonds. The Bertz CT molecular complexity index is 894. The van der Waals surface area contributed by atoms with Crippen LogP contribution in [0.1, 0.15) is 30.4 Å². The van der Waals surface area contributed by atoms with Gasteiger partial charge in [-0.1, -0.05) is 60.7 Å². The average Bonchev–Trinajstić information content (AvgIpc) is 3.51. The van der Waals surface area contributed by atoms with Crippen LogP contribution in [-0.2, 0) is 15.7 Å². The molecule has 1 saturated carbocycles. The van der Waals surface area contributed by atoms with Gasteiger partial charge in [0.25, 0.3) is 0 Å². The lowest BCUT2D eigenvalue weighted by atomic mass is 9.80. The van der Waals surface area contributed by atoms with Crippen LogP contribution >= 0.6 is 0 Å². The molecule has 1 heterocycles. The summed E-state index contributed by atoms with van der Waals surface area (Å²) in [5, 5.41) is 15.8. The molecule has 2 aromatic rings. The van der Waals surface area contributed by atoms with Gasteiger partial charge < -0.3 is 20.6 Å². The fraction of sp³-hybridized carbons (Fsp3) is 0.417. The van der Waals surface area contributed by atoms with Crippen LogP contribution in [0.15, 0.2) is 60.7 Å². The molecule has 158 valence electrons. The Morgan fingerprint density at radius 3 is 2.10 bits per heavy atom. The van der Waals surface area contributed by atoms with Gasteiger partial charge in [-0.2, -0.15) is 0 Å². The van der Waals surface area contributed by atoms with E-state index in [1.165, 1.54) is 0 Å². The van der Waals surface area contributed by atoms with Crippen molar-refractivity contribution in [1.82, 2.24) is 15.5 Å². The molecule has 0 aromatic heterocycles. The normalized spacial score (nSPS) is 25.3. The summed E-state index contributed by atoms with van der Waals surface area (Å²) in [5.74, 6) is -0.607. The zero-order valence-corrected chi connectivity index (χ0v) is 17.3. The molecule has 0 spiro atoms. The molecular formula is C24H29N3O3. The van der Waals surface area contributed by atoms with Gasteiger partial charge in [0.2, 0.25) is 0 Å². The van der Waals surface area contributed by atoms with E-state index in [4.69, 9.17) is 0 Å². The van der Waals surface area contributed by atoms with E-state index in [-0.39, 0.29) is 11.9 Å². The summed E-state index contributed by atoms with van der Waals surface area (Å²) in [6, 6.07) is 19.5. The topological polar surface area (TPSA) is 81.7 Å². The molecule has 1 aliphatic heterocycles. The summed E-state index contributed by atoms with van der Waals surface area (Å²) < 4.78 is 0. The highest BCUT2D eigenvalue weighted by atomic mass is 16.4. The van der Waals surface area contributed by atoms with Gasteiger partial charge in [0.15, 0.2) is 0 Å². The largest absolute Gasteiger partial charge is 0.481 e. The van der Waals surface area contributed by atoms with Gasteiger partial charge in [-0.3, -0.25) is 4.79 Å². The molecule has 0 radical (unpaired) electrons. The van der Waals surface area contributed by atoms with Crippen LogP contribution in [0.25, 0.3) is 0 Å². The van der Waals surface area contributed by atoms with Crippen molar-refractivity contribution in [2.75, 3.05) is 26.7 Å². The van der Waals surface area contributed by atoms with Crippen LogP contribution in [0, 0.1) is 5.92 Å². The van der Waals surface area contributed by atoms with E-state index in [1.54, 1.807) is 7.05 Å². The van der Waals surface area contributed by atoms with Gasteiger partial charge in [-0.15, -0.1) is 0 Å². The van der Waals surface area contributed by atoms with Crippen LogP contribution in [0.2, 0.25) is 0 Å². The zero-order valence-electron chi connectivity index (χ0n) is 17.3. The Morgan fingerprint density at radius 1 is 1.00 bits per heavy atom. The lowest BCUT2D eigenvalue weighted by Crippen LogP contribution is -2.55. The molecule has 1 saturated heterocycles. The van der Waals surface area contributed by atoms with Gasteiger partial charge >= 0.3 is 12.0 Å². The van der Waals surface area contributed by atoms with Gasteiger partial charge in [-0.05, 0) is 36.3 Å². The van der Waals surface area contributed by atoms with Crippen LogP contribution in [-0.4, -0.2) is 48.7 Å². The van der Waals surface area contributed by atoms with Gasteiger partial charge in [0, 0.05) is 26.7 Å². The number of amides is 2. The number of hydrogen-bond donors (Lipinski definition) is 3. The van der Waals surface area contributed by atoms with Crippen molar-refractivity contribution in [1.29, 1.82) is 0 Å². The number of carbonyl (C=O) groups excluding carboxylic acids is 1. The van der Waals surface area contributed by atoms with Gasteiger partial charge in [0.1, 0.15) is 0 Å². The number of likely N-dealkylation sites (tertiary alicyclic amines) is 1. The highest BCUT2D eigenvalue weighted by molar-refractivity contribution is 5.86. The van der Waals surface area contributed by atoms with Crippen molar-refractivity contribution in [2.45, 2.75) is 30.2 Å². The molecule has 0 bridgehead atoms. The molecule has 1 aliphatic carbocycles. The number of nitrogens with zero attached hydrogens (tertiary/aromatic N) is 1. The van der Waals surface area contributed by atoms with E-state index in [1.807, 2.05) is 48.5 Å². The Balaban J connectivity index is 1.45. The number of hydrogen-bond acceptors (Lipinski definition) is 3. The Hall–Kier alpha value is -2.86. The van der Waals surface area contributed by atoms with Gasteiger partial charge in [0.05, 0.1) is 11.0 Å². The second-order valence-corrected chi connectivity index (χ2v) is 8.50. The van der Waals surface area contributed by atoms with Crippen molar-refractivity contribution in [3.8, 4) is 0 Å². The van der Waals surface area contributed by atoms with Crippen molar-refractivity contribution in [2.24, 2.45) is 5.92 Å². The second-order valence-electron chi connectivity index (χ2n) is 8.50. The van der Waals surface area contributed by atoms with E-state index in [0.29, 0.717) is 6.42 Å². The number of urea groups is 1. The number of nitrogens with one attached hydrogen (secondary N) is 2. The predicted molar refractivity (Wildman–Crippen MR) is 115 cm³/mol. The predicted octanol–water partition coefficient (Wildman–Crippen LogP) is 2.95. The minimum atomic E-state index is -0.754. The summed E-state index contributed by atoms with van der Waals surface area (Å²) in [7, 11) is 1.63. The molecule has 2 fully saturated rings. The van der Waals surface area contributed by atoms with Crippen LogP contribution in [0.4, 0.5) is 4.79 Å². The molecule has 3 N–H and O–H groups in total. The van der Waals surface area contributed by atoms with E-state index in [0.717, 1.165) is 43.6 Å². The number of piperidine rings is 1. The Labute approximate surface area is 177 Å².